The highest BCUT2D eigenvalue weighted by molar-refractivity contribution is 5.78. The van der Waals surface area contributed by atoms with Crippen LogP contribution in [0.2, 0.25) is 0 Å². The van der Waals surface area contributed by atoms with E-state index in [2.05, 4.69) is 23.5 Å². The largest absolute Gasteiger partial charge is 0.384 e. The van der Waals surface area contributed by atoms with Gasteiger partial charge in [-0.1, -0.05) is 18.2 Å². The molecule has 1 fully saturated rings. The number of hydrogen-bond acceptors (Lipinski definition) is 2. The van der Waals surface area contributed by atoms with E-state index in [9.17, 15) is 4.79 Å². The lowest BCUT2D eigenvalue weighted by Gasteiger charge is -2.19. The van der Waals surface area contributed by atoms with E-state index in [0.29, 0.717) is 12.3 Å². The van der Waals surface area contributed by atoms with Gasteiger partial charge in [0, 0.05) is 38.2 Å². The fourth-order valence-electron chi connectivity index (χ4n) is 2.70. The molecule has 1 aromatic carbocycles. The molecule has 0 spiro atoms. The van der Waals surface area contributed by atoms with Crippen molar-refractivity contribution in [2.24, 2.45) is 5.92 Å². The maximum absolute atomic E-state index is 12.2. The van der Waals surface area contributed by atoms with Crippen LogP contribution in [0.4, 0.5) is 5.69 Å². The van der Waals surface area contributed by atoms with Crippen molar-refractivity contribution in [3.05, 3.63) is 29.8 Å². The number of nitrogens with one attached hydrogen (secondary N) is 1. The minimum atomic E-state index is 0.283. The molecule has 0 radical (unpaired) electrons. The van der Waals surface area contributed by atoms with Gasteiger partial charge in [-0.2, -0.15) is 0 Å². The van der Waals surface area contributed by atoms with Crippen LogP contribution in [0.5, 0.6) is 0 Å². The Morgan fingerprint density at radius 1 is 1.39 bits per heavy atom. The molecule has 1 amide bonds. The first-order chi connectivity index (χ1) is 8.74. The van der Waals surface area contributed by atoms with Gasteiger partial charge in [-0.25, -0.2) is 0 Å². The van der Waals surface area contributed by atoms with Crippen molar-refractivity contribution in [1.29, 1.82) is 0 Å². The number of carbonyl (C=O) groups excluding carboxylic acids is 1. The van der Waals surface area contributed by atoms with Crippen LogP contribution >= 0.6 is 0 Å². The Morgan fingerprint density at radius 2 is 2.17 bits per heavy atom. The molecular formula is C15H20N2O. The van der Waals surface area contributed by atoms with Gasteiger partial charge in [0.15, 0.2) is 0 Å². The van der Waals surface area contributed by atoms with Crippen molar-refractivity contribution in [2.45, 2.75) is 25.2 Å². The lowest BCUT2D eigenvalue weighted by Crippen LogP contribution is -2.30. The molecule has 1 atom stereocenters. The minimum absolute atomic E-state index is 0.283. The number of nitrogens with zero attached hydrogens (tertiary/aromatic N) is 1. The van der Waals surface area contributed by atoms with Crippen LogP contribution in [0.25, 0.3) is 0 Å². The Kier molecular flexibility index (Phi) is 2.98. The van der Waals surface area contributed by atoms with Crippen molar-refractivity contribution in [3.63, 3.8) is 0 Å². The molecule has 3 nitrogen and oxygen atoms in total. The SMILES string of the molecule is CN(CC1CC1)C(=O)CC1CNc2ccccc21. The number of anilines is 1. The van der Waals surface area contributed by atoms with Crippen molar-refractivity contribution < 1.29 is 4.79 Å². The molecule has 1 N–H and O–H groups in total. The van der Waals surface area contributed by atoms with E-state index >= 15 is 0 Å². The van der Waals surface area contributed by atoms with Gasteiger partial charge in [0.2, 0.25) is 5.91 Å². The first-order valence-electron chi connectivity index (χ1n) is 6.81. The topological polar surface area (TPSA) is 32.3 Å². The van der Waals surface area contributed by atoms with Crippen molar-refractivity contribution >= 4 is 11.6 Å². The lowest BCUT2D eigenvalue weighted by molar-refractivity contribution is -0.130. The molecule has 0 aromatic heterocycles. The zero-order chi connectivity index (χ0) is 12.5. The van der Waals surface area contributed by atoms with Crippen LogP contribution in [-0.2, 0) is 4.79 Å². The minimum Gasteiger partial charge on any atom is -0.384 e. The summed E-state index contributed by atoms with van der Waals surface area (Å²) in [6.07, 6.45) is 3.23. The Hall–Kier alpha value is -1.51. The third-order valence-corrected chi connectivity index (χ3v) is 4.02. The molecule has 2 aliphatic rings. The number of carbonyl (C=O) groups is 1. The smallest absolute Gasteiger partial charge is 0.223 e. The molecule has 1 saturated carbocycles. The number of hydrogen-bond donors (Lipinski definition) is 1. The van der Waals surface area contributed by atoms with Gasteiger partial charge in [0.1, 0.15) is 0 Å². The van der Waals surface area contributed by atoms with Crippen molar-refractivity contribution in [3.8, 4) is 0 Å². The van der Waals surface area contributed by atoms with E-state index in [1.165, 1.54) is 24.1 Å². The van der Waals surface area contributed by atoms with E-state index in [1.807, 2.05) is 18.0 Å². The number of fused-ring (bicyclic) bond motifs is 1. The van der Waals surface area contributed by atoms with E-state index in [1.54, 1.807) is 0 Å². The van der Waals surface area contributed by atoms with Crippen LogP contribution in [0.15, 0.2) is 24.3 Å². The van der Waals surface area contributed by atoms with Crippen LogP contribution in [0, 0.1) is 5.92 Å². The summed E-state index contributed by atoms with van der Waals surface area (Å²) in [6, 6.07) is 8.31. The molecule has 1 aliphatic carbocycles. The Balaban J connectivity index is 1.61. The Labute approximate surface area is 108 Å². The highest BCUT2D eigenvalue weighted by Gasteiger charge is 2.28. The summed E-state index contributed by atoms with van der Waals surface area (Å²) in [6.45, 7) is 1.84. The summed E-state index contributed by atoms with van der Waals surface area (Å²) in [5, 5.41) is 3.38. The third-order valence-electron chi connectivity index (χ3n) is 4.02. The maximum atomic E-state index is 12.2. The summed E-state index contributed by atoms with van der Waals surface area (Å²) in [4.78, 5) is 14.1. The molecule has 0 bridgehead atoms. The third kappa shape index (κ3) is 2.35. The predicted molar refractivity (Wildman–Crippen MR) is 72.7 cm³/mol. The van der Waals surface area contributed by atoms with Crippen molar-refractivity contribution in [2.75, 3.05) is 25.5 Å². The number of para-hydroxylation sites is 1. The summed E-state index contributed by atoms with van der Waals surface area (Å²) in [7, 11) is 1.94. The molecule has 1 aromatic rings. The second-order valence-electron chi connectivity index (χ2n) is 5.59. The molecule has 1 unspecified atom stereocenters. The number of amides is 1. The Morgan fingerprint density at radius 3 is 2.94 bits per heavy atom. The van der Waals surface area contributed by atoms with E-state index in [4.69, 9.17) is 0 Å². The second kappa shape index (κ2) is 4.63. The molecule has 1 aliphatic heterocycles. The van der Waals surface area contributed by atoms with Gasteiger partial charge in [-0.3, -0.25) is 4.79 Å². The number of benzene rings is 1. The van der Waals surface area contributed by atoms with Gasteiger partial charge < -0.3 is 10.2 Å². The van der Waals surface area contributed by atoms with E-state index in [-0.39, 0.29) is 5.91 Å². The zero-order valence-corrected chi connectivity index (χ0v) is 10.9. The summed E-state index contributed by atoms with van der Waals surface area (Å²) in [5.41, 5.74) is 2.49. The van der Waals surface area contributed by atoms with E-state index in [0.717, 1.165) is 19.0 Å². The molecule has 0 saturated heterocycles. The average Bonchev–Trinajstić information content (AvgIpc) is 3.10. The second-order valence-corrected chi connectivity index (χ2v) is 5.59. The highest BCUT2D eigenvalue weighted by atomic mass is 16.2. The first kappa shape index (κ1) is 11.6. The highest BCUT2D eigenvalue weighted by Crippen LogP contribution is 2.34. The fourth-order valence-corrected chi connectivity index (χ4v) is 2.70. The van der Waals surface area contributed by atoms with E-state index < -0.39 is 0 Å². The molecule has 1 heterocycles. The summed E-state index contributed by atoms with van der Waals surface area (Å²) < 4.78 is 0. The normalized spacial score (nSPS) is 21.3. The lowest BCUT2D eigenvalue weighted by atomic mass is 9.97. The molecule has 96 valence electrons. The van der Waals surface area contributed by atoms with Crippen molar-refractivity contribution in [1.82, 2.24) is 4.90 Å². The quantitative estimate of drug-likeness (QED) is 0.882. The van der Waals surface area contributed by atoms with Crippen LogP contribution in [-0.4, -0.2) is 30.9 Å². The van der Waals surface area contributed by atoms with Gasteiger partial charge in [-0.05, 0) is 30.4 Å². The van der Waals surface area contributed by atoms with Gasteiger partial charge in [-0.15, -0.1) is 0 Å². The average molecular weight is 244 g/mol. The molecule has 3 heteroatoms. The molecule has 3 rings (SSSR count). The molecular weight excluding hydrogens is 224 g/mol. The van der Waals surface area contributed by atoms with Gasteiger partial charge in [0.25, 0.3) is 0 Å². The maximum Gasteiger partial charge on any atom is 0.223 e. The van der Waals surface area contributed by atoms with Gasteiger partial charge >= 0.3 is 0 Å². The predicted octanol–water partition coefficient (Wildman–Crippen LogP) is 2.45. The summed E-state index contributed by atoms with van der Waals surface area (Å²) in [5.74, 6) is 1.40. The molecule has 18 heavy (non-hydrogen) atoms. The van der Waals surface area contributed by atoms with Crippen LogP contribution < -0.4 is 5.32 Å². The standard InChI is InChI=1S/C15H20N2O/c1-17(10-11-6-7-11)15(18)8-12-9-16-14-5-3-2-4-13(12)14/h2-5,11-12,16H,6-10H2,1H3. The fraction of sp³-hybridized carbons (Fsp3) is 0.533. The number of rotatable bonds is 4. The summed E-state index contributed by atoms with van der Waals surface area (Å²) >= 11 is 0. The van der Waals surface area contributed by atoms with Crippen LogP contribution in [0.1, 0.15) is 30.7 Å². The first-order valence-corrected chi connectivity index (χ1v) is 6.81. The van der Waals surface area contributed by atoms with Gasteiger partial charge in [0.05, 0.1) is 0 Å². The van der Waals surface area contributed by atoms with Crippen LogP contribution in [0.3, 0.4) is 0 Å². The Bertz CT molecular complexity index is 454. The monoisotopic (exact) mass is 244 g/mol. The zero-order valence-electron chi connectivity index (χ0n) is 10.9.